The van der Waals surface area contributed by atoms with Crippen LogP contribution in [-0.2, 0) is 11.3 Å². The van der Waals surface area contributed by atoms with Crippen LogP contribution in [0.2, 0.25) is 0 Å². The number of carbonyl (C=O) groups is 1. The highest BCUT2D eigenvalue weighted by atomic mass is 16.5. The van der Waals surface area contributed by atoms with Gasteiger partial charge in [0.05, 0.1) is 24.1 Å². The van der Waals surface area contributed by atoms with Gasteiger partial charge in [-0.2, -0.15) is 5.10 Å². The van der Waals surface area contributed by atoms with Gasteiger partial charge in [-0.1, -0.05) is 12.1 Å². The van der Waals surface area contributed by atoms with Crippen LogP contribution < -0.4 is 10.8 Å². The molecule has 0 saturated carbocycles. The maximum absolute atomic E-state index is 12.6. The minimum atomic E-state index is -0.946. The van der Waals surface area contributed by atoms with E-state index in [9.17, 15) is 9.82 Å². The molecule has 2 N–H and O–H groups in total. The quantitative estimate of drug-likeness (QED) is 0.698. The van der Waals surface area contributed by atoms with Gasteiger partial charge in [0, 0.05) is 11.4 Å². The second-order valence-corrected chi connectivity index (χ2v) is 6.22. The number of carbonyl (C=O) groups excluding carboxylic acids is 1. The second kappa shape index (κ2) is 6.40. The summed E-state index contributed by atoms with van der Waals surface area (Å²) >= 11 is 0. The summed E-state index contributed by atoms with van der Waals surface area (Å²) in [5.74, 6) is 0.397. The Balaban J connectivity index is 1.59. The Kier molecular flexibility index (Phi) is 4.06. The third-order valence-electron chi connectivity index (χ3n) is 4.41. The molecule has 0 atom stereocenters. The fourth-order valence-corrected chi connectivity index (χ4v) is 3.00. The number of pyridine rings is 1. The van der Waals surface area contributed by atoms with Crippen molar-refractivity contribution in [3.8, 4) is 5.82 Å². The number of anilines is 1. The lowest BCUT2D eigenvalue weighted by Gasteiger charge is -2.08. The maximum Gasteiger partial charge on any atom is 0.491 e. The van der Waals surface area contributed by atoms with Crippen molar-refractivity contribution < 1.29 is 14.5 Å². The molecule has 0 saturated heterocycles. The summed E-state index contributed by atoms with van der Waals surface area (Å²) in [6, 6.07) is 11.0. The molecule has 3 aromatic rings. The van der Waals surface area contributed by atoms with E-state index in [4.69, 9.17) is 4.65 Å². The molecule has 0 unspecified atom stereocenters. The summed E-state index contributed by atoms with van der Waals surface area (Å²) < 4.78 is 6.81. The highest BCUT2D eigenvalue weighted by Crippen LogP contribution is 2.17. The molecule has 0 radical (unpaired) electrons. The molecule has 1 aliphatic heterocycles. The molecule has 1 aromatic carbocycles. The Labute approximate surface area is 150 Å². The Hall–Kier alpha value is -2.97. The molecule has 0 spiro atoms. The molecular formula is C18H17BN4O3. The van der Waals surface area contributed by atoms with Crippen molar-refractivity contribution >= 4 is 24.2 Å². The molecule has 3 heterocycles. The van der Waals surface area contributed by atoms with Crippen LogP contribution in [0.4, 0.5) is 5.69 Å². The highest BCUT2D eigenvalue weighted by molar-refractivity contribution is 6.61. The van der Waals surface area contributed by atoms with Gasteiger partial charge in [-0.25, -0.2) is 9.67 Å². The summed E-state index contributed by atoms with van der Waals surface area (Å²) in [6.07, 6.45) is 1.53. The van der Waals surface area contributed by atoms with Crippen LogP contribution in [0.1, 0.15) is 27.3 Å². The molecule has 26 heavy (non-hydrogen) atoms. The number of nitrogens with one attached hydrogen (secondary N) is 1. The van der Waals surface area contributed by atoms with E-state index in [1.807, 2.05) is 38.1 Å². The molecule has 0 aliphatic carbocycles. The number of rotatable bonds is 3. The van der Waals surface area contributed by atoms with Gasteiger partial charge < -0.3 is 15.0 Å². The van der Waals surface area contributed by atoms with E-state index in [2.05, 4.69) is 15.4 Å². The lowest BCUT2D eigenvalue weighted by Crippen LogP contribution is -2.28. The van der Waals surface area contributed by atoms with E-state index < -0.39 is 7.12 Å². The first-order valence-corrected chi connectivity index (χ1v) is 8.25. The number of hydrogen-bond acceptors (Lipinski definition) is 5. The van der Waals surface area contributed by atoms with E-state index in [-0.39, 0.29) is 5.91 Å². The predicted molar refractivity (Wildman–Crippen MR) is 97.6 cm³/mol. The van der Waals surface area contributed by atoms with Crippen molar-refractivity contribution in [1.82, 2.24) is 14.8 Å². The minimum absolute atomic E-state index is 0.269. The van der Waals surface area contributed by atoms with Gasteiger partial charge in [0.25, 0.3) is 5.91 Å². The number of fused-ring (bicyclic) bond motifs is 1. The van der Waals surface area contributed by atoms with Gasteiger partial charge in [0.15, 0.2) is 5.82 Å². The lowest BCUT2D eigenvalue weighted by molar-refractivity contribution is 0.102. The fraction of sp³-hybridized carbons (Fsp3) is 0.167. The van der Waals surface area contributed by atoms with E-state index >= 15 is 0 Å². The molecule has 4 rings (SSSR count). The third-order valence-corrected chi connectivity index (χ3v) is 4.41. The van der Waals surface area contributed by atoms with Gasteiger partial charge in [-0.05, 0) is 49.1 Å². The molecule has 8 heteroatoms. The normalized spacial score (nSPS) is 13.0. The van der Waals surface area contributed by atoms with Crippen LogP contribution in [0.5, 0.6) is 0 Å². The van der Waals surface area contributed by atoms with E-state index in [0.29, 0.717) is 34.8 Å². The topological polar surface area (TPSA) is 89.3 Å². The first-order chi connectivity index (χ1) is 12.5. The number of benzene rings is 1. The third kappa shape index (κ3) is 2.89. The Morgan fingerprint density at radius 2 is 2.15 bits per heavy atom. The molecule has 0 bridgehead atoms. The van der Waals surface area contributed by atoms with Gasteiger partial charge in [0.2, 0.25) is 0 Å². The van der Waals surface area contributed by atoms with Crippen LogP contribution in [0, 0.1) is 13.8 Å². The molecule has 0 fully saturated rings. The minimum Gasteiger partial charge on any atom is -0.423 e. The van der Waals surface area contributed by atoms with Crippen LogP contribution in [-0.4, -0.2) is 32.8 Å². The zero-order valence-corrected chi connectivity index (χ0v) is 14.4. The van der Waals surface area contributed by atoms with Gasteiger partial charge >= 0.3 is 7.12 Å². The molecule has 130 valence electrons. The van der Waals surface area contributed by atoms with Crippen LogP contribution in [0.15, 0.2) is 42.6 Å². The monoisotopic (exact) mass is 348 g/mol. The van der Waals surface area contributed by atoms with Crippen LogP contribution in [0.3, 0.4) is 0 Å². The average molecular weight is 348 g/mol. The van der Waals surface area contributed by atoms with Crippen molar-refractivity contribution in [2.75, 3.05) is 5.32 Å². The number of nitrogens with zero attached hydrogens (tertiary/aromatic N) is 3. The van der Waals surface area contributed by atoms with Crippen molar-refractivity contribution in [2.45, 2.75) is 20.5 Å². The Morgan fingerprint density at radius 1 is 1.31 bits per heavy atom. The van der Waals surface area contributed by atoms with Crippen LogP contribution in [0.25, 0.3) is 5.82 Å². The molecule has 7 nitrogen and oxygen atoms in total. The van der Waals surface area contributed by atoms with Crippen molar-refractivity contribution in [1.29, 1.82) is 0 Å². The first kappa shape index (κ1) is 16.5. The standard InChI is InChI=1S/C18H17BN4O3/c1-11-4-3-5-17(21-11)23-12(2)15(9-20-23)18(24)22-14-7-6-13-10-26-19(25)16(13)8-14/h3-9,25H,10H2,1-2H3,(H,22,24). The van der Waals surface area contributed by atoms with Crippen molar-refractivity contribution in [3.05, 3.63) is 65.1 Å². The maximum atomic E-state index is 12.6. The molecular weight excluding hydrogens is 331 g/mol. The first-order valence-electron chi connectivity index (χ1n) is 8.25. The zero-order chi connectivity index (χ0) is 18.3. The van der Waals surface area contributed by atoms with Gasteiger partial charge in [-0.15, -0.1) is 0 Å². The highest BCUT2D eigenvalue weighted by Gasteiger charge is 2.27. The number of aryl methyl sites for hydroxylation is 1. The van der Waals surface area contributed by atoms with Gasteiger partial charge in [0.1, 0.15) is 0 Å². The summed E-state index contributed by atoms with van der Waals surface area (Å²) in [4.78, 5) is 17.1. The predicted octanol–water partition coefficient (Wildman–Crippen LogP) is 1.35. The van der Waals surface area contributed by atoms with E-state index in [1.165, 1.54) is 6.20 Å². The smallest absolute Gasteiger partial charge is 0.423 e. The SMILES string of the molecule is Cc1cccc(-n2ncc(C(=O)Nc3ccc4c(c3)B(O)OC4)c2C)n1. The fourth-order valence-electron chi connectivity index (χ4n) is 3.00. The van der Waals surface area contributed by atoms with Crippen molar-refractivity contribution in [2.24, 2.45) is 0 Å². The van der Waals surface area contributed by atoms with Crippen molar-refractivity contribution in [3.63, 3.8) is 0 Å². The second-order valence-electron chi connectivity index (χ2n) is 6.22. The lowest BCUT2D eigenvalue weighted by atomic mass is 9.79. The summed E-state index contributed by atoms with van der Waals surface area (Å²) in [6.45, 7) is 4.11. The summed E-state index contributed by atoms with van der Waals surface area (Å²) in [5, 5.41) is 16.9. The zero-order valence-electron chi connectivity index (χ0n) is 14.4. The van der Waals surface area contributed by atoms with Gasteiger partial charge in [-0.3, -0.25) is 4.79 Å². The molecule has 1 aliphatic rings. The van der Waals surface area contributed by atoms with Crippen LogP contribution >= 0.6 is 0 Å². The molecule has 1 amide bonds. The Bertz CT molecular complexity index is 1000. The number of amides is 1. The Morgan fingerprint density at radius 3 is 2.96 bits per heavy atom. The number of hydrogen-bond donors (Lipinski definition) is 2. The summed E-state index contributed by atoms with van der Waals surface area (Å²) in [7, 11) is -0.946. The number of aromatic nitrogens is 3. The summed E-state index contributed by atoms with van der Waals surface area (Å²) in [5.41, 5.74) is 4.24. The van der Waals surface area contributed by atoms with E-state index in [1.54, 1.807) is 16.8 Å². The van der Waals surface area contributed by atoms with E-state index in [0.717, 1.165) is 11.3 Å². The molecule has 2 aromatic heterocycles. The average Bonchev–Trinajstić information content (AvgIpc) is 3.18. The largest absolute Gasteiger partial charge is 0.491 e.